The minimum atomic E-state index is -0.419. The average molecular weight is 485 g/mol. The molecule has 0 aromatic heterocycles. The van der Waals surface area contributed by atoms with Crippen molar-refractivity contribution in [2.75, 3.05) is 46.2 Å². The summed E-state index contributed by atoms with van der Waals surface area (Å²) in [4.78, 5) is 50.2. The predicted octanol–water partition coefficient (Wildman–Crippen LogP) is 1.01. The number of amides is 1. The highest BCUT2D eigenvalue weighted by Crippen LogP contribution is 1.97. The number of ketones is 3. The van der Waals surface area contributed by atoms with Crippen LogP contribution in [0.15, 0.2) is 10.1 Å². The zero-order valence-corrected chi connectivity index (χ0v) is 20.7. The molecule has 0 aliphatic carbocycles. The van der Waals surface area contributed by atoms with E-state index in [9.17, 15) is 19.2 Å². The smallest absolute Gasteiger partial charge is 0.222 e. The van der Waals surface area contributed by atoms with Crippen LogP contribution in [-0.4, -0.2) is 87.4 Å². The summed E-state index contributed by atoms with van der Waals surface area (Å²) in [5, 5.41) is 6.44. The van der Waals surface area contributed by atoms with Gasteiger partial charge in [0.05, 0.1) is 38.2 Å². The maximum absolute atomic E-state index is 12.3. The number of rotatable bonds is 22. The molecule has 0 rings (SSSR count). The summed E-state index contributed by atoms with van der Waals surface area (Å²) in [5.74, 6) is 5.10. The lowest BCUT2D eigenvalue weighted by atomic mass is 10.1. The summed E-state index contributed by atoms with van der Waals surface area (Å²) >= 11 is 0. The van der Waals surface area contributed by atoms with Gasteiger partial charge in [0, 0.05) is 45.0 Å². The van der Waals surface area contributed by atoms with Gasteiger partial charge >= 0.3 is 0 Å². The molecule has 11 nitrogen and oxygen atoms in total. The minimum Gasteiger partial charge on any atom is -0.379 e. The topological polar surface area (TPSA) is 159 Å². The first-order valence-electron chi connectivity index (χ1n) is 11.6. The minimum absolute atomic E-state index is 0.0192. The van der Waals surface area contributed by atoms with Gasteiger partial charge in [0.15, 0.2) is 5.78 Å². The fourth-order valence-electron chi connectivity index (χ4n) is 2.48. The second kappa shape index (κ2) is 21.1. The number of aliphatic imine (C=N–C) groups is 1. The fourth-order valence-corrected chi connectivity index (χ4v) is 2.48. The van der Waals surface area contributed by atoms with Crippen LogP contribution in [0.25, 0.3) is 0 Å². The van der Waals surface area contributed by atoms with Gasteiger partial charge in [-0.05, 0) is 26.7 Å². The molecule has 0 heterocycles. The van der Waals surface area contributed by atoms with Crippen LogP contribution in [0.5, 0.6) is 0 Å². The highest BCUT2D eigenvalue weighted by atomic mass is 16.5. The van der Waals surface area contributed by atoms with Crippen LogP contribution >= 0.6 is 0 Å². The fraction of sp³-hybridized carbons (Fsp3) is 0.739. The molecule has 3 N–H and O–H groups in total. The molecule has 34 heavy (non-hydrogen) atoms. The van der Waals surface area contributed by atoms with E-state index in [-0.39, 0.29) is 75.7 Å². The summed E-state index contributed by atoms with van der Waals surface area (Å²) in [6, 6.07) is -0.419. The van der Waals surface area contributed by atoms with Gasteiger partial charge < -0.3 is 25.4 Å². The van der Waals surface area contributed by atoms with Crippen LogP contribution < -0.4 is 11.2 Å². The predicted molar refractivity (Wildman–Crippen MR) is 129 cm³/mol. The molecule has 1 amide bonds. The number of nitrogens with two attached hydrogens (primary N) is 1. The third-order valence-corrected chi connectivity index (χ3v) is 4.35. The Morgan fingerprint density at radius 2 is 1.50 bits per heavy atom. The summed E-state index contributed by atoms with van der Waals surface area (Å²) in [7, 11) is 0. The molecule has 0 fully saturated rings. The largest absolute Gasteiger partial charge is 0.379 e. The van der Waals surface area contributed by atoms with Gasteiger partial charge in [-0.3, -0.25) is 24.2 Å². The summed E-state index contributed by atoms with van der Waals surface area (Å²) in [6.07, 6.45) is 3.62. The molecule has 0 unspecified atom stereocenters. The number of hydrogen-bond acceptors (Lipinski definition) is 10. The van der Waals surface area contributed by atoms with Crippen molar-refractivity contribution in [2.24, 2.45) is 15.9 Å². The first kappa shape index (κ1) is 31.5. The second-order valence-corrected chi connectivity index (χ2v) is 7.82. The zero-order chi connectivity index (χ0) is 25.6. The first-order valence-corrected chi connectivity index (χ1v) is 11.6. The molecule has 194 valence electrons. The molecular formula is C23H40N4O7. The quantitative estimate of drug-likeness (QED) is 0.0997. The molecule has 0 atom stereocenters. The molecule has 0 aliphatic rings. The van der Waals surface area contributed by atoms with E-state index in [0.717, 1.165) is 6.42 Å². The van der Waals surface area contributed by atoms with Crippen LogP contribution in [0, 0.1) is 0 Å². The summed E-state index contributed by atoms with van der Waals surface area (Å²) in [6.45, 7) is 6.64. The van der Waals surface area contributed by atoms with Crippen LogP contribution in [0.4, 0.5) is 0 Å². The standard InChI is InChI=1S/C23H40N4O7/c1-4-11-32-17-22(30)6-5-20(27-24)14-25-10-7-23(31)26-21(15-33-12-8-18(2)28)16-34-13-9-19(3)29/h14,21H,4-13,15-17,24H2,1-3H3,(H,26,31)/b25-14?,27-20-. The number of hydrazone groups is 1. The van der Waals surface area contributed by atoms with E-state index >= 15 is 0 Å². The zero-order valence-electron chi connectivity index (χ0n) is 20.7. The van der Waals surface area contributed by atoms with Gasteiger partial charge in [-0.25, -0.2) is 0 Å². The molecule has 0 saturated carbocycles. The van der Waals surface area contributed by atoms with E-state index in [1.54, 1.807) is 0 Å². The van der Waals surface area contributed by atoms with Crippen LogP contribution in [0.1, 0.15) is 59.3 Å². The summed E-state index contributed by atoms with van der Waals surface area (Å²) in [5.41, 5.74) is 0.458. The molecule has 0 aliphatic heterocycles. The normalized spacial score (nSPS) is 11.8. The summed E-state index contributed by atoms with van der Waals surface area (Å²) < 4.78 is 16.1. The number of Topliss-reactive ketones (excluding diaryl/α,β-unsaturated/α-hetero) is 3. The molecule has 0 spiro atoms. The van der Waals surface area contributed by atoms with Crippen LogP contribution in [0.3, 0.4) is 0 Å². The molecular weight excluding hydrogens is 444 g/mol. The van der Waals surface area contributed by atoms with Gasteiger partial charge in [-0.15, -0.1) is 0 Å². The Balaban J connectivity index is 4.39. The lowest BCUT2D eigenvalue weighted by molar-refractivity contribution is -0.124. The highest BCUT2D eigenvalue weighted by molar-refractivity contribution is 6.30. The molecule has 0 aromatic rings. The maximum atomic E-state index is 12.3. The Morgan fingerprint density at radius 1 is 0.882 bits per heavy atom. The van der Waals surface area contributed by atoms with E-state index in [1.165, 1.54) is 20.1 Å². The number of nitrogens with one attached hydrogen (secondary N) is 1. The Bertz CT molecular complexity index is 658. The maximum Gasteiger partial charge on any atom is 0.222 e. The number of ether oxygens (including phenoxy) is 3. The van der Waals surface area contributed by atoms with E-state index in [0.29, 0.717) is 31.6 Å². The molecule has 0 aromatic carbocycles. The van der Waals surface area contributed by atoms with Gasteiger partial charge in [0.25, 0.3) is 0 Å². The van der Waals surface area contributed by atoms with Crippen molar-refractivity contribution < 1.29 is 33.4 Å². The lowest BCUT2D eigenvalue weighted by Crippen LogP contribution is -2.42. The van der Waals surface area contributed by atoms with Crippen molar-refractivity contribution in [2.45, 2.75) is 65.3 Å². The van der Waals surface area contributed by atoms with Crippen molar-refractivity contribution in [1.82, 2.24) is 5.32 Å². The number of carbonyl (C=O) groups is 4. The molecule has 0 saturated heterocycles. The average Bonchev–Trinajstić information content (AvgIpc) is 2.78. The molecule has 0 radical (unpaired) electrons. The first-order chi connectivity index (χ1) is 16.3. The Morgan fingerprint density at radius 3 is 2.03 bits per heavy atom. The Labute approximate surface area is 201 Å². The van der Waals surface area contributed by atoms with Crippen LogP contribution in [0.2, 0.25) is 0 Å². The SMILES string of the molecule is CCCOCC(=O)CC/C(C=NCCC(=O)NC(COCCC(C)=O)COCCC(C)=O)=N/N. The third-order valence-electron chi connectivity index (χ3n) is 4.35. The lowest BCUT2D eigenvalue weighted by Gasteiger charge is -2.19. The van der Waals surface area contributed by atoms with Gasteiger partial charge in [-0.1, -0.05) is 6.92 Å². The van der Waals surface area contributed by atoms with Gasteiger partial charge in [0.1, 0.15) is 18.2 Å². The van der Waals surface area contributed by atoms with E-state index in [2.05, 4.69) is 15.4 Å². The highest BCUT2D eigenvalue weighted by Gasteiger charge is 2.13. The van der Waals surface area contributed by atoms with E-state index in [1.807, 2.05) is 6.92 Å². The Kier molecular flexibility index (Phi) is 19.5. The van der Waals surface area contributed by atoms with Gasteiger partial charge in [0.2, 0.25) is 5.91 Å². The van der Waals surface area contributed by atoms with Crippen LogP contribution in [-0.2, 0) is 33.4 Å². The van der Waals surface area contributed by atoms with Crippen molar-refractivity contribution in [3.63, 3.8) is 0 Å². The molecule has 11 heteroatoms. The molecule has 0 bridgehead atoms. The van der Waals surface area contributed by atoms with Gasteiger partial charge in [-0.2, -0.15) is 5.10 Å². The van der Waals surface area contributed by atoms with Crippen molar-refractivity contribution in [1.29, 1.82) is 0 Å². The Hall–Kier alpha value is -2.50. The van der Waals surface area contributed by atoms with Crippen molar-refractivity contribution in [3.8, 4) is 0 Å². The number of hydrogen-bond donors (Lipinski definition) is 2. The van der Waals surface area contributed by atoms with E-state index in [4.69, 9.17) is 20.1 Å². The number of carbonyl (C=O) groups excluding carboxylic acids is 4. The van der Waals surface area contributed by atoms with Crippen molar-refractivity contribution >= 4 is 35.2 Å². The van der Waals surface area contributed by atoms with Crippen molar-refractivity contribution in [3.05, 3.63) is 0 Å². The third kappa shape index (κ3) is 20.1. The second-order valence-electron chi connectivity index (χ2n) is 7.82. The number of nitrogens with zero attached hydrogens (tertiary/aromatic N) is 2. The monoisotopic (exact) mass is 484 g/mol. The van der Waals surface area contributed by atoms with E-state index < -0.39 is 6.04 Å².